The number of benzene rings is 3. The van der Waals surface area contributed by atoms with E-state index in [2.05, 4.69) is 10.5 Å². The maximum atomic E-state index is 13.3. The Labute approximate surface area is 178 Å². The number of aromatic nitrogens is 1. The van der Waals surface area contributed by atoms with Crippen LogP contribution in [0.25, 0.3) is 22.2 Å². The van der Waals surface area contributed by atoms with Gasteiger partial charge in [-0.3, -0.25) is 0 Å². The predicted molar refractivity (Wildman–Crippen MR) is 114 cm³/mol. The fourth-order valence-corrected chi connectivity index (χ4v) is 3.30. The Hall–Kier alpha value is -2.93. The molecule has 4 aromatic rings. The van der Waals surface area contributed by atoms with Crippen LogP contribution in [0.3, 0.4) is 0 Å². The molecule has 0 spiro atoms. The number of hydrogen-bond acceptors (Lipinski definition) is 5. The molecule has 4 rings (SSSR count). The van der Waals surface area contributed by atoms with Gasteiger partial charge in [-0.1, -0.05) is 35.0 Å². The summed E-state index contributed by atoms with van der Waals surface area (Å²) >= 11 is 6.12. The second kappa shape index (κ2) is 9.26. The first-order valence-electron chi connectivity index (χ1n) is 9.50. The second-order valence-electron chi connectivity index (χ2n) is 6.88. The van der Waals surface area contributed by atoms with Crippen molar-refractivity contribution in [2.45, 2.75) is 12.6 Å². The molecule has 3 aromatic carbocycles. The summed E-state index contributed by atoms with van der Waals surface area (Å²) in [6.07, 6.45) is -0.665. The Morgan fingerprint density at radius 2 is 1.90 bits per heavy atom. The number of aliphatic hydroxyl groups excluding tert-OH is 1. The topological polar surface area (TPSA) is 67.5 Å². The summed E-state index contributed by atoms with van der Waals surface area (Å²) in [5, 5.41) is 18.8. The van der Waals surface area contributed by atoms with Gasteiger partial charge in [-0.2, -0.15) is 0 Å². The van der Waals surface area contributed by atoms with Crippen LogP contribution in [-0.2, 0) is 6.54 Å². The van der Waals surface area contributed by atoms with Crippen LogP contribution in [0.15, 0.2) is 71.3 Å². The van der Waals surface area contributed by atoms with E-state index in [1.54, 1.807) is 18.2 Å². The normalized spacial score (nSPS) is 12.2. The van der Waals surface area contributed by atoms with E-state index in [1.807, 2.05) is 36.4 Å². The van der Waals surface area contributed by atoms with Gasteiger partial charge in [0.2, 0.25) is 0 Å². The molecule has 0 bridgehead atoms. The first-order valence-corrected chi connectivity index (χ1v) is 9.88. The number of nitrogens with one attached hydrogen (secondary N) is 1. The number of halogens is 2. The number of rotatable bonds is 8. The van der Waals surface area contributed by atoms with E-state index in [9.17, 15) is 9.50 Å². The number of ether oxygens (including phenoxy) is 1. The van der Waals surface area contributed by atoms with Gasteiger partial charge in [0.25, 0.3) is 0 Å². The van der Waals surface area contributed by atoms with Crippen molar-refractivity contribution in [1.82, 2.24) is 10.5 Å². The van der Waals surface area contributed by atoms with Gasteiger partial charge in [-0.25, -0.2) is 4.39 Å². The third-order valence-electron chi connectivity index (χ3n) is 4.66. The van der Waals surface area contributed by atoms with Crippen LogP contribution < -0.4 is 10.1 Å². The standard InChI is InChI=1S/C23H20ClFN2O3/c24-21-4-2-1-3-16(21)12-26-13-18(28)14-29-19-8-5-15(6-9-19)23-20-10-7-17(25)11-22(20)30-27-23/h1-11,18,26,28H,12-14H2/t18-/m0/s1. The molecule has 1 atom stereocenters. The molecule has 0 aliphatic heterocycles. The Morgan fingerprint density at radius 3 is 2.70 bits per heavy atom. The van der Waals surface area contributed by atoms with Crippen LogP contribution in [0.5, 0.6) is 5.75 Å². The van der Waals surface area contributed by atoms with Crippen molar-refractivity contribution >= 4 is 22.6 Å². The molecule has 154 valence electrons. The van der Waals surface area contributed by atoms with Gasteiger partial charge in [-0.05, 0) is 48.0 Å². The van der Waals surface area contributed by atoms with Gasteiger partial charge in [0.05, 0.1) is 0 Å². The summed E-state index contributed by atoms with van der Waals surface area (Å²) in [5.41, 5.74) is 2.85. The minimum absolute atomic E-state index is 0.154. The van der Waals surface area contributed by atoms with Crippen LogP contribution in [0.4, 0.5) is 4.39 Å². The minimum atomic E-state index is -0.665. The molecule has 0 saturated carbocycles. The van der Waals surface area contributed by atoms with Crippen molar-refractivity contribution in [3.8, 4) is 17.0 Å². The molecule has 1 heterocycles. The van der Waals surface area contributed by atoms with Gasteiger partial charge in [0, 0.05) is 35.1 Å². The Bertz CT molecular complexity index is 1130. The summed E-state index contributed by atoms with van der Waals surface area (Å²) < 4.78 is 24.2. The van der Waals surface area contributed by atoms with E-state index in [0.717, 1.165) is 16.5 Å². The Morgan fingerprint density at radius 1 is 1.10 bits per heavy atom. The molecule has 0 aliphatic rings. The van der Waals surface area contributed by atoms with Crippen molar-refractivity contribution in [2.75, 3.05) is 13.2 Å². The lowest BCUT2D eigenvalue weighted by molar-refractivity contribution is 0.106. The molecule has 30 heavy (non-hydrogen) atoms. The van der Waals surface area contributed by atoms with Gasteiger partial charge < -0.3 is 19.7 Å². The van der Waals surface area contributed by atoms with Crippen molar-refractivity contribution in [1.29, 1.82) is 0 Å². The quantitative estimate of drug-likeness (QED) is 0.423. The monoisotopic (exact) mass is 426 g/mol. The zero-order valence-corrected chi connectivity index (χ0v) is 16.8. The highest BCUT2D eigenvalue weighted by Gasteiger charge is 2.12. The second-order valence-corrected chi connectivity index (χ2v) is 7.29. The Kier molecular flexibility index (Phi) is 6.28. The van der Waals surface area contributed by atoms with Gasteiger partial charge in [0.15, 0.2) is 5.58 Å². The third-order valence-corrected chi connectivity index (χ3v) is 5.03. The van der Waals surface area contributed by atoms with Crippen molar-refractivity contribution < 1.29 is 18.8 Å². The average Bonchev–Trinajstić information content (AvgIpc) is 3.17. The first-order chi connectivity index (χ1) is 14.6. The van der Waals surface area contributed by atoms with Crippen LogP contribution >= 0.6 is 11.6 Å². The molecule has 0 amide bonds. The first kappa shape index (κ1) is 20.3. The maximum Gasteiger partial charge on any atom is 0.170 e. The molecule has 2 N–H and O–H groups in total. The number of nitrogens with zero attached hydrogens (tertiary/aromatic N) is 1. The zero-order chi connectivity index (χ0) is 20.9. The summed E-state index contributed by atoms with van der Waals surface area (Å²) in [6.45, 7) is 1.10. The summed E-state index contributed by atoms with van der Waals surface area (Å²) in [4.78, 5) is 0. The van der Waals surface area contributed by atoms with Gasteiger partial charge in [-0.15, -0.1) is 0 Å². The highest BCUT2D eigenvalue weighted by Crippen LogP contribution is 2.29. The predicted octanol–water partition coefficient (Wildman–Crippen LogP) is 4.82. The lowest BCUT2D eigenvalue weighted by atomic mass is 10.1. The fourth-order valence-electron chi connectivity index (χ4n) is 3.10. The van der Waals surface area contributed by atoms with Crippen molar-refractivity contribution in [3.05, 3.63) is 83.1 Å². The van der Waals surface area contributed by atoms with Crippen LogP contribution in [0.1, 0.15) is 5.56 Å². The van der Waals surface area contributed by atoms with Gasteiger partial charge >= 0.3 is 0 Å². The smallest absolute Gasteiger partial charge is 0.170 e. The molecule has 0 unspecified atom stereocenters. The lowest BCUT2D eigenvalue weighted by Crippen LogP contribution is -2.31. The lowest BCUT2D eigenvalue weighted by Gasteiger charge is -2.14. The molecule has 1 aromatic heterocycles. The molecule has 0 aliphatic carbocycles. The Balaban J connectivity index is 1.29. The maximum absolute atomic E-state index is 13.3. The van der Waals surface area contributed by atoms with E-state index in [1.165, 1.54) is 12.1 Å². The molecule has 0 fully saturated rings. The molecule has 7 heteroatoms. The fraction of sp³-hybridized carbons (Fsp3) is 0.174. The van der Waals surface area contributed by atoms with E-state index in [4.69, 9.17) is 20.9 Å². The minimum Gasteiger partial charge on any atom is -0.491 e. The van der Waals surface area contributed by atoms with E-state index in [0.29, 0.717) is 35.1 Å². The van der Waals surface area contributed by atoms with Crippen LogP contribution in [-0.4, -0.2) is 29.5 Å². The summed E-state index contributed by atoms with van der Waals surface area (Å²) in [5.74, 6) is 0.261. The van der Waals surface area contributed by atoms with E-state index >= 15 is 0 Å². The molecule has 5 nitrogen and oxygen atoms in total. The summed E-state index contributed by atoms with van der Waals surface area (Å²) in [7, 11) is 0. The van der Waals surface area contributed by atoms with Crippen LogP contribution in [0.2, 0.25) is 5.02 Å². The average molecular weight is 427 g/mol. The number of hydrogen-bond donors (Lipinski definition) is 2. The summed E-state index contributed by atoms with van der Waals surface area (Å²) in [6, 6.07) is 19.2. The van der Waals surface area contributed by atoms with Crippen molar-refractivity contribution in [2.24, 2.45) is 0 Å². The molecular formula is C23H20ClFN2O3. The van der Waals surface area contributed by atoms with Crippen LogP contribution in [0, 0.1) is 5.82 Å². The zero-order valence-electron chi connectivity index (χ0n) is 16.0. The van der Waals surface area contributed by atoms with E-state index < -0.39 is 6.10 Å². The number of fused-ring (bicyclic) bond motifs is 1. The highest BCUT2D eigenvalue weighted by molar-refractivity contribution is 6.31. The molecular weight excluding hydrogens is 407 g/mol. The molecule has 0 saturated heterocycles. The third kappa shape index (κ3) is 4.79. The molecule has 0 radical (unpaired) electrons. The largest absolute Gasteiger partial charge is 0.491 e. The van der Waals surface area contributed by atoms with Crippen molar-refractivity contribution in [3.63, 3.8) is 0 Å². The highest BCUT2D eigenvalue weighted by atomic mass is 35.5. The van der Waals surface area contributed by atoms with E-state index in [-0.39, 0.29) is 12.4 Å². The number of aliphatic hydroxyl groups is 1. The SMILES string of the molecule is O[C@@H](CNCc1ccccc1Cl)COc1ccc(-c2noc3cc(F)ccc23)cc1. The van der Waals surface area contributed by atoms with Gasteiger partial charge in [0.1, 0.15) is 30.0 Å².